The van der Waals surface area contributed by atoms with Crippen molar-refractivity contribution in [2.45, 2.75) is 25.3 Å². The van der Waals surface area contributed by atoms with E-state index in [9.17, 15) is 13.6 Å². The molecule has 1 unspecified atom stereocenters. The van der Waals surface area contributed by atoms with Gasteiger partial charge in [-0.25, -0.2) is 13.8 Å². The molecule has 0 radical (unpaired) electrons. The number of ether oxygens (including phenoxy) is 1. The molecule has 0 N–H and O–H groups in total. The molecule has 2 fully saturated rings. The third-order valence-corrected chi connectivity index (χ3v) is 4.47. The van der Waals surface area contributed by atoms with Crippen LogP contribution in [0.25, 0.3) is 0 Å². The van der Waals surface area contributed by atoms with Gasteiger partial charge in [-0.1, -0.05) is 0 Å². The van der Waals surface area contributed by atoms with Gasteiger partial charge in [-0.2, -0.15) is 0 Å². The van der Waals surface area contributed by atoms with Crippen molar-refractivity contribution in [1.29, 1.82) is 0 Å². The van der Waals surface area contributed by atoms with E-state index in [0.717, 1.165) is 45.1 Å². The molecule has 2 aliphatic heterocycles. The minimum atomic E-state index is -0.898. The van der Waals surface area contributed by atoms with Gasteiger partial charge in [0.2, 0.25) is 0 Å². The van der Waals surface area contributed by atoms with Crippen LogP contribution in [0.4, 0.5) is 8.78 Å². The van der Waals surface area contributed by atoms with Crippen LogP contribution in [-0.4, -0.2) is 66.1 Å². The van der Waals surface area contributed by atoms with Crippen LogP contribution in [0.2, 0.25) is 0 Å². The quantitative estimate of drug-likeness (QED) is 0.848. The molecule has 0 aliphatic carbocycles. The smallest absolute Gasteiger partial charge is 0.275 e. The number of hydrogen-bond acceptors (Lipinski definition) is 4. The van der Waals surface area contributed by atoms with Crippen molar-refractivity contribution in [1.82, 2.24) is 14.8 Å². The van der Waals surface area contributed by atoms with Gasteiger partial charge in [0.05, 0.1) is 19.4 Å². The molecule has 5 nitrogen and oxygen atoms in total. The fourth-order valence-corrected chi connectivity index (χ4v) is 3.25. The first-order valence-corrected chi connectivity index (χ1v) is 8.07. The van der Waals surface area contributed by atoms with Gasteiger partial charge in [0, 0.05) is 38.3 Å². The Bertz CT molecular complexity index is 564. The Kier molecular flexibility index (Phi) is 5.17. The number of halogens is 2. The number of amides is 1. The Balaban J connectivity index is 1.73. The molecule has 126 valence electrons. The first-order valence-electron chi connectivity index (χ1n) is 8.07. The lowest BCUT2D eigenvalue weighted by molar-refractivity contribution is 0.0163. The van der Waals surface area contributed by atoms with Crippen molar-refractivity contribution in [3.8, 4) is 0 Å². The number of carbonyl (C=O) groups excluding carboxylic acids is 1. The summed E-state index contributed by atoms with van der Waals surface area (Å²) in [6.45, 7) is 4.46. The summed E-state index contributed by atoms with van der Waals surface area (Å²) in [4.78, 5) is 20.3. The van der Waals surface area contributed by atoms with E-state index in [1.165, 1.54) is 0 Å². The van der Waals surface area contributed by atoms with E-state index in [1.807, 2.05) is 0 Å². The van der Waals surface area contributed by atoms with Crippen LogP contribution in [0.1, 0.15) is 29.8 Å². The molecule has 0 saturated carbocycles. The number of nitrogens with zero attached hydrogens (tertiary/aromatic N) is 3. The molecule has 1 aromatic rings. The highest BCUT2D eigenvalue weighted by Gasteiger charge is 2.31. The van der Waals surface area contributed by atoms with Gasteiger partial charge in [-0.05, 0) is 19.3 Å². The van der Waals surface area contributed by atoms with Crippen LogP contribution < -0.4 is 0 Å². The second kappa shape index (κ2) is 7.31. The summed E-state index contributed by atoms with van der Waals surface area (Å²) in [5.41, 5.74) is -0.291. The summed E-state index contributed by atoms with van der Waals surface area (Å²) < 4.78 is 32.2. The maximum atomic E-state index is 13.9. The van der Waals surface area contributed by atoms with Crippen LogP contribution in [0.3, 0.4) is 0 Å². The van der Waals surface area contributed by atoms with E-state index in [1.54, 1.807) is 4.90 Å². The normalized spacial score (nSPS) is 23.0. The lowest BCUT2D eigenvalue weighted by Crippen LogP contribution is -2.51. The lowest BCUT2D eigenvalue weighted by Gasteiger charge is -2.39. The molecule has 7 heteroatoms. The summed E-state index contributed by atoms with van der Waals surface area (Å²) in [6, 6.07) is 0.752. The van der Waals surface area contributed by atoms with E-state index in [-0.39, 0.29) is 11.7 Å². The number of rotatable bonds is 3. The zero-order chi connectivity index (χ0) is 16.2. The number of carbonyl (C=O) groups is 1. The Labute approximate surface area is 134 Å². The Morgan fingerprint density at radius 3 is 2.78 bits per heavy atom. The first kappa shape index (κ1) is 16.3. The lowest BCUT2D eigenvalue weighted by atomic mass is 10.0. The van der Waals surface area contributed by atoms with Crippen LogP contribution in [0.5, 0.6) is 0 Å². The molecule has 3 rings (SSSR count). The van der Waals surface area contributed by atoms with Crippen molar-refractivity contribution in [2.75, 3.05) is 39.4 Å². The van der Waals surface area contributed by atoms with E-state index in [4.69, 9.17) is 4.74 Å². The standard InChI is InChI=1S/C16H21F2N3O2/c17-12-9-14(18)15(19-10-12)16(22)21-4-2-1-3-13(21)11-20-5-7-23-8-6-20/h9-10,13H,1-8,11H2. The molecule has 2 aliphatic rings. The van der Waals surface area contributed by atoms with E-state index in [2.05, 4.69) is 9.88 Å². The van der Waals surface area contributed by atoms with Gasteiger partial charge in [-0.15, -0.1) is 0 Å². The molecule has 1 amide bonds. The highest BCUT2D eigenvalue weighted by molar-refractivity contribution is 5.92. The van der Waals surface area contributed by atoms with Gasteiger partial charge in [-0.3, -0.25) is 9.69 Å². The predicted molar refractivity (Wildman–Crippen MR) is 80.1 cm³/mol. The van der Waals surface area contributed by atoms with Crippen molar-refractivity contribution in [3.05, 3.63) is 29.6 Å². The zero-order valence-corrected chi connectivity index (χ0v) is 13.0. The third-order valence-electron chi connectivity index (χ3n) is 4.47. The zero-order valence-electron chi connectivity index (χ0n) is 13.0. The number of pyridine rings is 1. The minimum absolute atomic E-state index is 0.0422. The van der Waals surface area contributed by atoms with Gasteiger partial charge in [0.25, 0.3) is 5.91 Å². The van der Waals surface area contributed by atoms with Crippen molar-refractivity contribution >= 4 is 5.91 Å². The highest BCUT2D eigenvalue weighted by atomic mass is 19.1. The first-order chi connectivity index (χ1) is 11.1. The van der Waals surface area contributed by atoms with Crippen molar-refractivity contribution < 1.29 is 18.3 Å². The molecule has 2 saturated heterocycles. The summed E-state index contributed by atoms with van der Waals surface area (Å²) in [5, 5.41) is 0. The van der Waals surface area contributed by atoms with Gasteiger partial charge < -0.3 is 9.64 Å². The van der Waals surface area contributed by atoms with Crippen LogP contribution in [0.15, 0.2) is 12.3 Å². The van der Waals surface area contributed by atoms with Crippen LogP contribution in [-0.2, 0) is 4.74 Å². The monoisotopic (exact) mass is 325 g/mol. The Morgan fingerprint density at radius 1 is 1.26 bits per heavy atom. The summed E-state index contributed by atoms with van der Waals surface area (Å²) in [7, 11) is 0. The summed E-state index contributed by atoms with van der Waals surface area (Å²) >= 11 is 0. The number of likely N-dealkylation sites (tertiary alicyclic amines) is 1. The molecular formula is C16H21F2N3O2. The molecule has 1 aromatic heterocycles. The van der Waals surface area contributed by atoms with Crippen molar-refractivity contribution in [2.24, 2.45) is 0 Å². The molecule has 0 spiro atoms. The molecular weight excluding hydrogens is 304 g/mol. The van der Waals surface area contributed by atoms with Crippen molar-refractivity contribution in [3.63, 3.8) is 0 Å². The number of morpholine rings is 1. The number of aromatic nitrogens is 1. The summed E-state index contributed by atoms with van der Waals surface area (Å²) in [5.74, 6) is -2.12. The van der Waals surface area contributed by atoms with E-state index < -0.39 is 17.5 Å². The van der Waals surface area contributed by atoms with E-state index in [0.29, 0.717) is 25.8 Å². The summed E-state index contributed by atoms with van der Waals surface area (Å²) in [6.07, 6.45) is 3.73. The molecule has 0 bridgehead atoms. The van der Waals surface area contributed by atoms with Gasteiger partial charge >= 0.3 is 0 Å². The number of piperidine rings is 1. The molecule has 0 aromatic carbocycles. The average molecular weight is 325 g/mol. The third kappa shape index (κ3) is 3.84. The fraction of sp³-hybridized carbons (Fsp3) is 0.625. The predicted octanol–water partition coefficient (Wildman–Crippen LogP) is 1.69. The van der Waals surface area contributed by atoms with Crippen LogP contribution >= 0.6 is 0 Å². The van der Waals surface area contributed by atoms with E-state index >= 15 is 0 Å². The highest BCUT2D eigenvalue weighted by Crippen LogP contribution is 2.21. The largest absolute Gasteiger partial charge is 0.379 e. The maximum absolute atomic E-state index is 13.9. The SMILES string of the molecule is O=C(c1ncc(F)cc1F)N1CCCCC1CN1CCOCC1. The second-order valence-electron chi connectivity index (χ2n) is 6.05. The average Bonchev–Trinajstić information content (AvgIpc) is 2.56. The number of hydrogen-bond donors (Lipinski definition) is 0. The fourth-order valence-electron chi connectivity index (χ4n) is 3.25. The topological polar surface area (TPSA) is 45.7 Å². The molecule has 3 heterocycles. The second-order valence-corrected chi connectivity index (χ2v) is 6.05. The maximum Gasteiger partial charge on any atom is 0.275 e. The Hall–Kier alpha value is -1.60. The Morgan fingerprint density at radius 2 is 2.04 bits per heavy atom. The van der Waals surface area contributed by atoms with Gasteiger partial charge in [0.1, 0.15) is 5.82 Å². The minimum Gasteiger partial charge on any atom is -0.379 e. The van der Waals surface area contributed by atoms with Crippen LogP contribution in [0, 0.1) is 11.6 Å². The van der Waals surface area contributed by atoms with Gasteiger partial charge in [0.15, 0.2) is 11.5 Å². The molecule has 1 atom stereocenters. The molecule has 23 heavy (non-hydrogen) atoms.